The van der Waals surface area contributed by atoms with E-state index in [9.17, 15) is 9.18 Å². The molecule has 0 bridgehead atoms. The van der Waals surface area contributed by atoms with Gasteiger partial charge in [0.05, 0.1) is 22.8 Å². The molecule has 0 amide bonds. The summed E-state index contributed by atoms with van der Waals surface area (Å²) < 4.78 is 14.7. The number of halogens is 3. The van der Waals surface area contributed by atoms with E-state index in [1.54, 1.807) is 11.6 Å². The molecule has 21 heavy (non-hydrogen) atoms. The van der Waals surface area contributed by atoms with E-state index in [0.29, 0.717) is 28.5 Å². The van der Waals surface area contributed by atoms with E-state index in [2.05, 4.69) is 5.10 Å². The van der Waals surface area contributed by atoms with E-state index in [1.807, 2.05) is 6.92 Å². The molecule has 0 aliphatic rings. The molecule has 0 saturated carbocycles. The molecular formula is C15H15Cl2FN2O. The van der Waals surface area contributed by atoms with Crippen molar-refractivity contribution < 1.29 is 9.18 Å². The largest absolute Gasteiger partial charge is 0.299 e. The van der Waals surface area contributed by atoms with Crippen LogP contribution in [0.5, 0.6) is 0 Å². The fourth-order valence-corrected chi connectivity index (χ4v) is 2.60. The lowest BCUT2D eigenvalue weighted by molar-refractivity contribution is -0.117. The van der Waals surface area contributed by atoms with Gasteiger partial charge in [0.1, 0.15) is 11.6 Å². The first-order valence-corrected chi connectivity index (χ1v) is 7.35. The summed E-state index contributed by atoms with van der Waals surface area (Å²) in [6.45, 7) is 4.39. The van der Waals surface area contributed by atoms with E-state index in [-0.39, 0.29) is 23.6 Å². The minimum Gasteiger partial charge on any atom is -0.299 e. The molecule has 0 radical (unpaired) electrons. The minimum absolute atomic E-state index is 0.0417. The molecule has 2 aromatic rings. The van der Waals surface area contributed by atoms with E-state index < -0.39 is 5.82 Å². The number of aryl methyl sites for hydroxylation is 2. The Morgan fingerprint density at radius 2 is 2.05 bits per heavy atom. The predicted molar refractivity (Wildman–Crippen MR) is 81.5 cm³/mol. The molecule has 0 spiro atoms. The molecule has 112 valence electrons. The molecule has 1 heterocycles. The van der Waals surface area contributed by atoms with Gasteiger partial charge in [-0.25, -0.2) is 4.39 Å². The zero-order valence-electron chi connectivity index (χ0n) is 11.8. The van der Waals surface area contributed by atoms with Gasteiger partial charge in [-0.1, -0.05) is 29.3 Å². The highest BCUT2D eigenvalue weighted by Crippen LogP contribution is 2.23. The fraction of sp³-hybridized carbons (Fsp3) is 0.333. The summed E-state index contributed by atoms with van der Waals surface area (Å²) in [5.41, 5.74) is 2.03. The van der Waals surface area contributed by atoms with Gasteiger partial charge in [0.2, 0.25) is 0 Å². The van der Waals surface area contributed by atoms with Gasteiger partial charge in [0, 0.05) is 18.0 Å². The van der Waals surface area contributed by atoms with Gasteiger partial charge >= 0.3 is 0 Å². The maximum atomic E-state index is 13.0. The Kier molecular flexibility index (Phi) is 5.01. The predicted octanol–water partition coefficient (Wildman–Crippen LogP) is 4.01. The number of carbonyl (C=O) groups is 1. The van der Waals surface area contributed by atoms with Gasteiger partial charge in [0.25, 0.3) is 0 Å². The van der Waals surface area contributed by atoms with Crippen LogP contribution in [0.25, 0.3) is 0 Å². The van der Waals surface area contributed by atoms with Crippen LogP contribution in [0.1, 0.15) is 23.9 Å². The maximum Gasteiger partial charge on any atom is 0.143 e. The zero-order chi connectivity index (χ0) is 15.6. The number of hydrogen-bond acceptors (Lipinski definition) is 2. The molecule has 0 aliphatic carbocycles. The second-order valence-corrected chi connectivity index (χ2v) is 5.57. The normalized spacial score (nSPS) is 10.9. The third kappa shape index (κ3) is 3.63. The Labute approximate surface area is 132 Å². The van der Waals surface area contributed by atoms with Crippen molar-refractivity contribution in [2.75, 3.05) is 0 Å². The molecule has 0 aliphatic heterocycles. The first-order chi connectivity index (χ1) is 9.92. The number of carbonyl (C=O) groups excluding carboxylic acids is 1. The summed E-state index contributed by atoms with van der Waals surface area (Å²) >= 11 is 12.1. The molecule has 0 saturated heterocycles. The molecule has 0 unspecified atom stereocenters. The van der Waals surface area contributed by atoms with Crippen molar-refractivity contribution >= 4 is 29.0 Å². The smallest absolute Gasteiger partial charge is 0.143 e. The second kappa shape index (κ2) is 6.58. The molecule has 1 aromatic heterocycles. The van der Waals surface area contributed by atoms with Crippen LogP contribution in [0.2, 0.25) is 10.0 Å². The Hall–Kier alpha value is -1.39. The monoisotopic (exact) mass is 328 g/mol. The first-order valence-electron chi connectivity index (χ1n) is 6.59. The first kappa shape index (κ1) is 16.0. The molecule has 0 fully saturated rings. The highest BCUT2D eigenvalue weighted by Gasteiger charge is 2.17. The zero-order valence-corrected chi connectivity index (χ0v) is 13.3. The number of nitrogens with zero attached hydrogens (tertiary/aromatic N) is 2. The Bertz CT molecular complexity index is 683. The number of rotatable bonds is 5. The van der Waals surface area contributed by atoms with Crippen LogP contribution in [-0.4, -0.2) is 15.6 Å². The summed E-state index contributed by atoms with van der Waals surface area (Å²) in [5, 5.41) is 5.06. The summed E-state index contributed by atoms with van der Waals surface area (Å²) in [6.07, 6.45) is 0.324. The molecule has 0 atom stereocenters. The van der Waals surface area contributed by atoms with Crippen LogP contribution < -0.4 is 0 Å². The van der Waals surface area contributed by atoms with E-state index in [0.717, 1.165) is 0 Å². The van der Waals surface area contributed by atoms with Crippen molar-refractivity contribution in [3.8, 4) is 0 Å². The van der Waals surface area contributed by atoms with Crippen LogP contribution in [0.15, 0.2) is 18.2 Å². The standard InChI is InChI=1S/C15H15Cl2FN2O/c1-3-20-14(15(17)9(2)19-20)8-12(21)6-10-4-5-11(18)7-13(10)16/h4-5,7H,3,6,8H2,1-2H3. The van der Waals surface area contributed by atoms with Gasteiger partial charge in [-0.15, -0.1) is 0 Å². The molecule has 1 aromatic carbocycles. The van der Waals surface area contributed by atoms with Crippen molar-refractivity contribution in [2.24, 2.45) is 0 Å². The lowest BCUT2D eigenvalue weighted by atomic mass is 10.1. The van der Waals surface area contributed by atoms with Crippen molar-refractivity contribution in [1.82, 2.24) is 9.78 Å². The van der Waals surface area contributed by atoms with Crippen LogP contribution in [0, 0.1) is 12.7 Å². The summed E-state index contributed by atoms with van der Waals surface area (Å²) in [7, 11) is 0. The highest BCUT2D eigenvalue weighted by atomic mass is 35.5. The maximum absolute atomic E-state index is 13.0. The number of benzene rings is 1. The van der Waals surface area contributed by atoms with Crippen molar-refractivity contribution in [2.45, 2.75) is 33.2 Å². The summed E-state index contributed by atoms with van der Waals surface area (Å²) in [6, 6.07) is 4.03. The van der Waals surface area contributed by atoms with Gasteiger partial charge in [-0.05, 0) is 31.5 Å². The summed E-state index contributed by atoms with van der Waals surface area (Å²) in [5.74, 6) is -0.459. The summed E-state index contributed by atoms with van der Waals surface area (Å²) in [4.78, 5) is 12.2. The highest BCUT2D eigenvalue weighted by molar-refractivity contribution is 6.32. The SMILES string of the molecule is CCn1nc(C)c(Cl)c1CC(=O)Cc1ccc(F)cc1Cl. The molecule has 2 rings (SSSR count). The molecule has 3 nitrogen and oxygen atoms in total. The van der Waals surface area contributed by atoms with Gasteiger partial charge < -0.3 is 0 Å². The molecule has 6 heteroatoms. The second-order valence-electron chi connectivity index (χ2n) is 4.79. The van der Waals surface area contributed by atoms with E-state index >= 15 is 0 Å². The molecular weight excluding hydrogens is 314 g/mol. The third-order valence-electron chi connectivity index (χ3n) is 3.22. The van der Waals surface area contributed by atoms with Crippen molar-refractivity contribution in [3.05, 3.63) is 51.0 Å². The van der Waals surface area contributed by atoms with Crippen molar-refractivity contribution in [3.63, 3.8) is 0 Å². The van der Waals surface area contributed by atoms with Crippen molar-refractivity contribution in [1.29, 1.82) is 0 Å². The van der Waals surface area contributed by atoms with Crippen LogP contribution in [0.4, 0.5) is 4.39 Å². The lowest BCUT2D eigenvalue weighted by Crippen LogP contribution is -2.12. The van der Waals surface area contributed by atoms with Gasteiger partial charge in [-0.3, -0.25) is 9.48 Å². The lowest BCUT2D eigenvalue weighted by Gasteiger charge is -2.06. The topological polar surface area (TPSA) is 34.9 Å². The fourth-order valence-electron chi connectivity index (χ4n) is 2.16. The Morgan fingerprint density at radius 3 is 2.67 bits per heavy atom. The quantitative estimate of drug-likeness (QED) is 0.831. The number of Topliss-reactive ketones (excluding diaryl/α,β-unsaturated/α-hetero) is 1. The Balaban J connectivity index is 2.15. The Morgan fingerprint density at radius 1 is 1.33 bits per heavy atom. The van der Waals surface area contributed by atoms with Crippen LogP contribution >= 0.6 is 23.2 Å². The van der Waals surface area contributed by atoms with Gasteiger partial charge in [0.15, 0.2) is 0 Å². The van der Waals surface area contributed by atoms with Crippen LogP contribution in [0.3, 0.4) is 0 Å². The third-order valence-corrected chi connectivity index (χ3v) is 4.06. The van der Waals surface area contributed by atoms with Crippen LogP contribution in [-0.2, 0) is 24.2 Å². The van der Waals surface area contributed by atoms with Gasteiger partial charge in [-0.2, -0.15) is 5.10 Å². The van der Waals surface area contributed by atoms with E-state index in [4.69, 9.17) is 23.2 Å². The molecule has 0 N–H and O–H groups in total. The average molecular weight is 329 g/mol. The number of ketones is 1. The van der Waals surface area contributed by atoms with E-state index in [1.165, 1.54) is 18.2 Å². The average Bonchev–Trinajstić information content (AvgIpc) is 2.69. The number of aromatic nitrogens is 2. The number of hydrogen-bond donors (Lipinski definition) is 0. The minimum atomic E-state index is -0.418.